The monoisotopic (exact) mass is 419 g/mol. The van der Waals surface area contributed by atoms with Crippen LogP contribution in [-0.2, 0) is 4.79 Å². The van der Waals surface area contributed by atoms with Crippen LogP contribution in [0.5, 0.6) is 0 Å². The number of amides is 3. The molecule has 1 aliphatic carbocycles. The Morgan fingerprint density at radius 1 is 1.28 bits per heavy atom. The number of nitrogens with zero attached hydrogens (tertiary/aromatic N) is 2. The van der Waals surface area contributed by atoms with Crippen LogP contribution in [-0.4, -0.2) is 34.2 Å². The number of hydrogen-bond donors (Lipinski definition) is 3. The maximum absolute atomic E-state index is 14.5. The van der Waals surface area contributed by atoms with E-state index >= 15 is 0 Å². The molecule has 0 aliphatic heterocycles. The molecule has 154 valence electrons. The van der Waals surface area contributed by atoms with Gasteiger partial charge in [0.05, 0.1) is 11.4 Å². The number of anilines is 2. The summed E-state index contributed by atoms with van der Waals surface area (Å²) in [5.74, 6) is -2.67. The second kappa shape index (κ2) is 8.56. The van der Waals surface area contributed by atoms with Crippen molar-refractivity contribution in [3.8, 4) is 0 Å². The van der Waals surface area contributed by atoms with Crippen LogP contribution in [0.15, 0.2) is 24.3 Å². The van der Waals surface area contributed by atoms with Crippen LogP contribution in [0.1, 0.15) is 52.8 Å². The largest absolute Gasteiger partial charge is 0.395 e. The molecule has 1 saturated carbocycles. The predicted molar refractivity (Wildman–Crippen MR) is 108 cm³/mol. The number of primary amides is 1. The summed E-state index contributed by atoms with van der Waals surface area (Å²) < 4.78 is 18.4. The van der Waals surface area contributed by atoms with Gasteiger partial charge in [-0.2, -0.15) is 4.37 Å². The van der Waals surface area contributed by atoms with E-state index in [2.05, 4.69) is 9.69 Å². The third-order valence-corrected chi connectivity index (χ3v) is 5.81. The molecule has 2 aromatic rings. The van der Waals surface area contributed by atoms with E-state index in [1.165, 1.54) is 25.1 Å². The second-order valence-electron chi connectivity index (χ2n) is 6.93. The summed E-state index contributed by atoms with van der Waals surface area (Å²) in [6.07, 6.45) is 3.80. The highest BCUT2D eigenvalue weighted by Gasteiger charge is 2.34. The first-order valence-corrected chi connectivity index (χ1v) is 10.0. The van der Waals surface area contributed by atoms with E-state index in [-0.39, 0.29) is 28.0 Å². The van der Waals surface area contributed by atoms with Gasteiger partial charge in [0.15, 0.2) is 5.69 Å². The van der Waals surface area contributed by atoms with Gasteiger partial charge in [0.2, 0.25) is 5.91 Å². The van der Waals surface area contributed by atoms with Gasteiger partial charge in [0, 0.05) is 6.04 Å². The lowest BCUT2D eigenvalue weighted by atomic mass is 10.1. The molecule has 3 amide bonds. The molecule has 0 saturated heterocycles. The van der Waals surface area contributed by atoms with Crippen molar-refractivity contribution in [2.45, 2.75) is 44.7 Å². The van der Waals surface area contributed by atoms with Crippen molar-refractivity contribution < 1.29 is 18.8 Å². The fourth-order valence-electron chi connectivity index (χ4n) is 3.39. The Labute approximate surface area is 171 Å². The number of halogens is 1. The number of carbonyl (C=O) groups is 3. The highest BCUT2D eigenvalue weighted by Crippen LogP contribution is 2.29. The first-order chi connectivity index (χ1) is 13.8. The van der Waals surface area contributed by atoms with Crippen molar-refractivity contribution in [2.24, 2.45) is 5.73 Å². The second-order valence-corrected chi connectivity index (χ2v) is 7.70. The highest BCUT2D eigenvalue weighted by molar-refractivity contribution is 7.09. The molecule has 3 rings (SSSR count). The zero-order valence-electron chi connectivity index (χ0n) is 15.9. The Morgan fingerprint density at radius 3 is 2.52 bits per heavy atom. The molecular weight excluding hydrogens is 397 g/mol. The van der Waals surface area contributed by atoms with E-state index in [9.17, 15) is 18.8 Å². The van der Waals surface area contributed by atoms with Crippen molar-refractivity contribution in [1.29, 1.82) is 0 Å². The minimum atomic E-state index is -1.02. The number of nitrogens with two attached hydrogens (primary N) is 2. The summed E-state index contributed by atoms with van der Waals surface area (Å²) in [6.45, 7) is 1.51. The average Bonchev–Trinajstić information content (AvgIpc) is 3.32. The van der Waals surface area contributed by atoms with Crippen LogP contribution in [0.25, 0.3) is 0 Å². The molecule has 8 nitrogen and oxygen atoms in total. The van der Waals surface area contributed by atoms with Gasteiger partial charge < -0.3 is 16.8 Å². The van der Waals surface area contributed by atoms with Crippen molar-refractivity contribution in [3.63, 3.8) is 0 Å². The van der Waals surface area contributed by atoms with Gasteiger partial charge in [0.1, 0.15) is 16.7 Å². The molecule has 1 aromatic carbocycles. The van der Waals surface area contributed by atoms with Crippen molar-refractivity contribution in [3.05, 3.63) is 40.7 Å². The lowest BCUT2D eigenvalue weighted by molar-refractivity contribution is -0.122. The lowest BCUT2D eigenvalue weighted by Crippen LogP contribution is -2.50. The Morgan fingerprint density at radius 2 is 1.93 bits per heavy atom. The molecule has 1 fully saturated rings. The Hall–Kier alpha value is -3.01. The quantitative estimate of drug-likeness (QED) is 0.659. The number of carbonyl (C=O) groups excluding carboxylic acids is 3. The molecule has 1 heterocycles. The minimum Gasteiger partial charge on any atom is -0.395 e. The summed E-state index contributed by atoms with van der Waals surface area (Å²) >= 11 is 0.682. The summed E-state index contributed by atoms with van der Waals surface area (Å²) in [6, 6.07) is 4.67. The van der Waals surface area contributed by atoms with Crippen LogP contribution in [0.2, 0.25) is 0 Å². The minimum absolute atomic E-state index is 0.0393. The van der Waals surface area contributed by atoms with Crippen molar-refractivity contribution in [1.82, 2.24) is 9.69 Å². The number of hydrogen-bond acceptors (Lipinski definition) is 6. The molecule has 1 unspecified atom stereocenters. The number of para-hydroxylation sites is 1. The average molecular weight is 419 g/mol. The molecule has 1 atom stereocenters. The van der Waals surface area contributed by atoms with Gasteiger partial charge in [-0.15, -0.1) is 0 Å². The summed E-state index contributed by atoms with van der Waals surface area (Å²) in [7, 11) is 0. The van der Waals surface area contributed by atoms with E-state index in [0.29, 0.717) is 11.5 Å². The zero-order valence-corrected chi connectivity index (χ0v) is 16.7. The maximum atomic E-state index is 14.5. The Balaban J connectivity index is 1.97. The van der Waals surface area contributed by atoms with Gasteiger partial charge >= 0.3 is 0 Å². The number of benzene rings is 1. The first-order valence-electron chi connectivity index (χ1n) is 9.24. The smallest absolute Gasteiger partial charge is 0.272 e. The molecule has 0 radical (unpaired) electrons. The number of nitrogen functional groups attached to an aromatic ring is 1. The van der Waals surface area contributed by atoms with E-state index in [0.717, 1.165) is 30.6 Å². The van der Waals surface area contributed by atoms with Crippen molar-refractivity contribution >= 4 is 40.6 Å². The van der Waals surface area contributed by atoms with Crippen molar-refractivity contribution in [2.75, 3.05) is 10.6 Å². The Kier molecular flexibility index (Phi) is 6.12. The van der Waals surface area contributed by atoms with Gasteiger partial charge in [-0.3, -0.25) is 19.3 Å². The molecule has 10 heteroatoms. The van der Waals surface area contributed by atoms with E-state index in [4.69, 9.17) is 11.5 Å². The number of aromatic nitrogens is 1. The van der Waals surface area contributed by atoms with Crippen LogP contribution >= 0.6 is 11.5 Å². The number of nitrogens with one attached hydrogen (secondary N) is 1. The van der Waals surface area contributed by atoms with Gasteiger partial charge in [-0.25, -0.2) is 4.39 Å². The van der Waals surface area contributed by atoms with E-state index < -0.39 is 29.6 Å². The molecule has 0 spiro atoms. The lowest BCUT2D eigenvalue weighted by Gasteiger charge is -2.29. The SMILES string of the molecule is CC(C(=O)NC1CCCC1)N(C(=O)c1snc(C(N)=O)c1N)c1ccccc1F. The highest BCUT2D eigenvalue weighted by atomic mass is 32.1. The fraction of sp³-hybridized carbons (Fsp3) is 0.368. The molecule has 1 aliphatic rings. The Bertz CT molecular complexity index is 942. The van der Waals surface area contributed by atoms with Crippen LogP contribution in [0.4, 0.5) is 15.8 Å². The summed E-state index contributed by atoms with van der Waals surface area (Å²) in [5.41, 5.74) is 10.6. The van der Waals surface area contributed by atoms with Gasteiger partial charge in [0.25, 0.3) is 11.8 Å². The van der Waals surface area contributed by atoms with Gasteiger partial charge in [-0.1, -0.05) is 25.0 Å². The van der Waals surface area contributed by atoms with E-state index in [1.54, 1.807) is 6.07 Å². The fourth-order valence-corrected chi connectivity index (χ4v) is 4.13. The van der Waals surface area contributed by atoms with Crippen LogP contribution in [0, 0.1) is 5.82 Å². The predicted octanol–water partition coefficient (Wildman–Crippen LogP) is 2.06. The molecule has 5 N–H and O–H groups in total. The molecule has 0 bridgehead atoms. The summed E-state index contributed by atoms with van der Waals surface area (Å²) in [5, 5.41) is 2.92. The molecular formula is C19H22FN5O3S. The van der Waals surface area contributed by atoms with E-state index in [1.807, 2.05) is 0 Å². The topological polar surface area (TPSA) is 131 Å². The normalized spacial score (nSPS) is 15.1. The third-order valence-electron chi connectivity index (χ3n) is 4.95. The summed E-state index contributed by atoms with van der Waals surface area (Å²) in [4.78, 5) is 38.4. The zero-order chi connectivity index (χ0) is 21.1. The first kappa shape index (κ1) is 20.7. The maximum Gasteiger partial charge on any atom is 0.272 e. The standard InChI is InChI=1S/C19H22FN5O3S/c1-10(18(27)23-11-6-2-3-7-11)25(13-9-5-4-8-12(13)20)19(28)16-14(21)15(17(22)26)24-29-16/h4-5,8-11H,2-3,6-7,21H2,1H3,(H2,22,26)(H,23,27). The van der Waals surface area contributed by atoms with Crippen LogP contribution < -0.4 is 21.7 Å². The molecule has 1 aromatic heterocycles. The third kappa shape index (κ3) is 4.21. The number of rotatable bonds is 6. The molecule has 29 heavy (non-hydrogen) atoms. The van der Waals surface area contributed by atoms with Gasteiger partial charge in [-0.05, 0) is 43.4 Å². The van der Waals surface area contributed by atoms with Crippen LogP contribution in [0.3, 0.4) is 0 Å².